The molecule has 0 saturated heterocycles. The number of sulfonamides is 1. The molecular weight excluding hydrogens is 398 g/mol. The molecule has 1 N–H and O–H groups in total. The summed E-state index contributed by atoms with van der Waals surface area (Å²) in [6.45, 7) is 3.37. The van der Waals surface area contributed by atoms with Crippen molar-refractivity contribution in [1.29, 1.82) is 0 Å². The first-order valence-electron chi connectivity index (χ1n) is 9.04. The molecule has 1 heterocycles. The van der Waals surface area contributed by atoms with Gasteiger partial charge in [0.2, 0.25) is 15.9 Å². The van der Waals surface area contributed by atoms with E-state index in [1.165, 1.54) is 37.4 Å². The third-order valence-corrected chi connectivity index (χ3v) is 7.34. The van der Waals surface area contributed by atoms with Gasteiger partial charge in [-0.3, -0.25) is 9.69 Å². The summed E-state index contributed by atoms with van der Waals surface area (Å²) >= 11 is 6.07. The summed E-state index contributed by atoms with van der Waals surface area (Å²) in [5, 5.41) is 2.94. The minimum Gasteiger partial charge on any atom is -0.325 e. The highest BCUT2D eigenvalue weighted by atomic mass is 35.5. The van der Waals surface area contributed by atoms with Crippen LogP contribution in [0.25, 0.3) is 0 Å². The van der Waals surface area contributed by atoms with E-state index in [4.69, 9.17) is 11.6 Å². The summed E-state index contributed by atoms with van der Waals surface area (Å²) in [5.41, 5.74) is 2.96. The molecule has 2 aromatic rings. The van der Waals surface area contributed by atoms with E-state index in [1.54, 1.807) is 6.07 Å². The van der Waals surface area contributed by atoms with E-state index in [9.17, 15) is 13.2 Å². The predicted octanol–water partition coefficient (Wildman–Crippen LogP) is 2.98. The zero-order chi connectivity index (χ0) is 20.5. The van der Waals surface area contributed by atoms with Gasteiger partial charge in [-0.25, -0.2) is 12.7 Å². The van der Waals surface area contributed by atoms with E-state index in [0.29, 0.717) is 12.2 Å². The molecule has 0 bridgehead atoms. The smallest absolute Gasteiger partial charge is 0.244 e. The summed E-state index contributed by atoms with van der Waals surface area (Å²) in [5.74, 6) is -0.185. The fraction of sp³-hybridized carbons (Fsp3) is 0.350. The van der Waals surface area contributed by atoms with E-state index < -0.39 is 10.0 Å². The lowest BCUT2D eigenvalue weighted by molar-refractivity contribution is -0.121. The van der Waals surface area contributed by atoms with Gasteiger partial charge in [-0.05, 0) is 42.7 Å². The van der Waals surface area contributed by atoms with Crippen LogP contribution >= 0.6 is 11.6 Å². The number of nitrogens with zero attached hydrogens (tertiary/aromatic N) is 2. The average molecular weight is 422 g/mol. The van der Waals surface area contributed by atoms with Crippen molar-refractivity contribution in [3.8, 4) is 0 Å². The maximum Gasteiger partial charge on any atom is 0.244 e. The van der Waals surface area contributed by atoms with Gasteiger partial charge in [0.05, 0.1) is 11.1 Å². The predicted molar refractivity (Wildman–Crippen MR) is 111 cm³/mol. The van der Waals surface area contributed by atoms with E-state index in [0.717, 1.165) is 17.3 Å². The molecule has 28 heavy (non-hydrogen) atoms. The zero-order valence-electron chi connectivity index (χ0n) is 16.1. The number of carbonyl (C=O) groups excluding carboxylic acids is 1. The standard InChI is InChI=1S/C20H24ClN3O3S/c1-14(24-11-10-15-6-4-5-7-16(15)13-24)20(25)22-17-8-9-18(21)19(12-17)28(26,27)23(2)3/h4-9,12,14H,10-11,13H2,1-3H3,(H,22,25)/t14-/m0/s1. The second kappa shape index (κ2) is 8.21. The topological polar surface area (TPSA) is 69.7 Å². The highest BCUT2D eigenvalue weighted by Gasteiger charge is 2.26. The maximum atomic E-state index is 12.8. The highest BCUT2D eigenvalue weighted by molar-refractivity contribution is 7.89. The minimum atomic E-state index is -3.70. The van der Waals surface area contributed by atoms with Crippen LogP contribution in [-0.2, 0) is 27.8 Å². The fourth-order valence-electron chi connectivity index (χ4n) is 3.24. The molecule has 1 aliphatic heterocycles. The van der Waals surface area contributed by atoms with Crippen molar-refractivity contribution in [3.63, 3.8) is 0 Å². The summed E-state index contributed by atoms with van der Waals surface area (Å²) in [7, 11) is -0.825. The lowest BCUT2D eigenvalue weighted by atomic mass is 9.99. The number of nitrogens with one attached hydrogen (secondary N) is 1. The van der Waals surface area contributed by atoms with Crippen LogP contribution in [0.2, 0.25) is 5.02 Å². The molecule has 3 rings (SSSR count). The Bertz CT molecular complexity index is 992. The molecule has 6 nitrogen and oxygen atoms in total. The van der Waals surface area contributed by atoms with Crippen LogP contribution in [0.15, 0.2) is 47.4 Å². The summed E-state index contributed by atoms with van der Waals surface area (Å²) < 4.78 is 25.9. The van der Waals surface area contributed by atoms with Gasteiger partial charge in [-0.2, -0.15) is 0 Å². The first kappa shape index (κ1) is 20.8. The van der Waals surface area contributed by atoms with Crippen LogP contribution < -0.4 is 5.32 Å². The van der Waals surface area contributed by atoms with Crippen molar-refractivity contribution < 1.29 is 13.2 Å². The Morgan fingerprint density at radius 1 is 1.18 bits per heavy atom. The summed E-state index contributed by atoms with van der Waals surface area (Å²) in [6.07, 6.45) is 0.903. The molecule has 0 fully saturated rings. The lowest BCUT2D eigenvalue weighted by Crippen LogP contribution is -2.44. The Balaban J connectivity index is 1.75. The van der Waals surface area contributed by atoms with Crippen LogP contribution in [0.1, 0.15) is 18.1 Å². The molecule has 0 radical (unpaired) electrons. The van der Waals surface area contributed by atoms with Gasteiger partial charge in [0, 0.05) is 32.9 Å². The largest absolute Gasteiger partial charge is 0.325 e. The molecule has 0 aromatic heterocycles. The molecule has 150 valence electrons. The van der Waals surface area contributed by atoms with Crippen LogP contribution in [0.3, 0.4) is 0 Å². The number of hydrogen-bond acceptors (Lipinski definition) is 4. The van der Waals surface area contributed by atoms with Crippen molar-refractivity contribution in [2.24, 2.45) is 0 Å². The molecule has 1 amide bonds. The third-order valence-electron chi connectivity index (χ3n) is 5.04. The Morgan fingerprint density at radius 3 is 2.54 bits per heavy atom. The van der Waals surface area contributed by atoms with Gasteiger partial charge in [0.25, 0.3) is 0 Å². The van der Waals surface area contributed by atoms with E-state index in [-0.39, 0.29) is 21.9 Å². The van der Waals surface area contributed by atoms with Gasteiger partial charge in [-0.15, -0.1) is 0 Å². The van der Waals surface area contributed by atoms with Crippen LogP contribution in [-0.4, -0.2) is 50.2 Å². The van der Waals surface area contributed by atoms with Crippen LogP contribution in [0.4, 0.5) is 5.69 Å². The monoisotopic (exact) mass is 421 g/mol. The molecule has 8 heteroatoms. The SMILES string of the molecule is C[C@@H](C(=O)Nc1ccc(Cl)c(S(=O)(=O)N(C)C)c1)N1CCc2ccccc2C1. The number of anilines is 1. The van der Waals surface area contributed by atoms with Gasteiger partial charge in [0.15, 0.2) is 0 Å². The van der Waals surface area contributed by atoms with E-state index >= 15 is 0 Å². The number of hydrogen-bond donors (Lipinski definition) is 1. The van der Waals surface area contributed by atoms with Gasteiger partial charge >= 0.3 is 0 Å². The van der Waals surface area contributed by atoms with Gasteiger partial charge < -0.3 is 5.32 Å². The normalized spacial score (nSPS) is 15.9. The number of rotatable bonds is 5. The van der Waals surface area contributed by atoms with Crippen molar-refractivity contribution in [1.82, 2.24) is 9.21 Å². The number of amides is 1. The van der Waals surface area contributed by atoms with Crippen LogP contribution in [0, 0.1) is 0 Å². The molecule has 0 unspecified atom stereocenters. The molecule has 1 atom stereocenters. The number of benzene rings is 2. The zero-order valence-corrected chi connectivity index (χ0v) is 17.7. The number of carbonyl (C=O) groups is 1. The third kappa shape index (κ3) is 4.22. The van der Waals surface area contributed by atoms with Crippen molar-refractivity contribution in [3.05, 3.63) is 58.6 Å². The Hall–Kier alpha value is -1.93. The van der Waals surface area contributed by atoms with Crippen LogP contribution in [0.5, 0.6) is 0 Å². The minimum absolute atomic E-state index is 0.0310. The summed E-state index contributed by atoms with van der Waals surface area (Å²) in [4.78, 5) is 14.8. The second-order valence-corrected chi connectivity index (χ2v) is 9.61. The van der Waals surface area contributed by atoms with Crippen molar-refractivity contribution >= 4 is 33.2 Å². The van der Waals surface area contributed by atoms with E-state index in [1.807, 2.05) is 19.1 Å². The molecular formula is C20H24ClN3O3S. The van der Waals surface area contributed by atoms with Crippen molar-refractivity contribution in [2.45, 2.75) is 30.8 Å². The molecule has 0 spiro atoms. The maximum absolute atomic E-state index is 12.8. The second-order valence-electron chi connectivity index (χ2n) is 7.09. The molecule has 0 saturated carbocycles. The Labute approximate surface area is 171 Å². The number of halogens is 1. The summed E-state index contributed by atoms with van der Waals surface area (Å²) in [6, 6.07) is 12.4. The molecule has 0 aliphatic carbocycles. The Morgan fingerprint density at radius 2 is 1.86 bits per heavy atom. The van der Waals surface area contributed by atoms with Crippen molar-refractivity contribution in [2.75, 3.05) is 26.0 Å². The number of fused-ring (bicyclic) bond motifs is 1. The first-order chi connectivity index (χ1) is 13.2. The highest BCUT2D eigenvalue weighted by Crippen LogP contribution is 2.27. The molecule has 2 aromatic carbocycles. The van der Waals surface area contributed by atoms with E-state index in [2.05, 4.69) is 22.3 Å². The average Bonchev–Trinajstić information content (AvgIpc) is 2.68. The molecule has 1 aliphatic rings. The quantitative estimate of drug-likeness (QED) is 0.805. The first-order valence-corrected chi connectivity index (χ1v) is 10.9. The fourth-order valence-corrected chi connectivity index (χ4v) is 4.63. The Kier molecular flexibility index (Phi) is 6.09. The van der Waals surface area contributed by atoms with Gasteiger partial charge in [0.1, 0.15) is 4.90 Å². The van der Waals surface area contributed by atoms with Gasteiger partial charge in [-0.1, -0.05) is 35.9 Å². The lowest BCUT2D eigenvalue weighted by Gasteiger charge is -2.32.